The Morgan fingerprint density at radius 2 is 1.95 bits per heavy atom. The van der Waals surface area contributed by atoms with Crippen LogP contribution >= 0.6 is 0 Å². The Bertz CT molecular complexity index is 570. The zero-order valence-electron chi connectivity index (χ0n) is 10.4. The van der Waals surface area contributed by atoms with Gasteiger partial charge in [0.1, 0.15) is 5.75 Å². The molecule has 4 N–H and O–H groups in total. The fraction of sp³-hybridized carbons (Fsp3) is 0.143. The van der Waals surface area contributed by atoms with Crippen LogP contribution in [-0.4, -0.2) is 17.5 Å². The summed E-state index contributed by atoms with van der Waals surface area (Å²) in [6, 6.07) is 8.62. The molecular formula is C14H15N3O2. The number of carbonyl (C=O) groups is 1. The van der Waals surface area contributed by atoms with Gasteiger partial charge >= 0.3 is 0 Å². The number of aromatic nitrogens is 1. The molecule has 0 atom stereocenters. The normalized spacial score (nSPS) is 10.1. The van der Waals surface area contributed by atoms with Crippen LogP contribution < -0.4 is 16.2 Å². The average Bonchev–Trinajstić information content (AvgIpc) is 2.39. The van der Waals surface area contributed by atoms with Crippen molar-refractivity contribution in [1.29, 1.82) is 0 Å². The van der Waals surface area contributed by atoms with E-state index in [4.69, 9.17) is 16.2 Å². The minimum Gasteiger partial charge on any atom is -0.492 e. The van der Waals surface area contributed by atoms with Crippen LogP contribution in [0, 0.1) is 0 Å². The second-order valence-corrected chi connectivity index (χ2v) is 4.07. The fourth-order valence-corrected chi connectivity index (χ4v) is 1.69. The lowest BCUT2D eigenvalue weighted by Crippen LogP contribution is -2.14. The first-order valence-electron chi connectivity index (χ1n) is 5.88. The van der Waals surface area contributed by atoms with Crippen LogP contribution in [0.2, 0.25) is 0 Å². The third-order valence-electron chi connectivity index (χ3n) is 2.67. The van der Waals surface area contributed by atoms with Crippen molar-refractivity contribution in [2.24, 2.45) is 5.73 Å². The lowest BCUT2D eigenvalue weighted by Gasteiger charge is -2.10. The number of pyridine rings is 1. The third-order valence-corrected chi connectivity index (χ3v) is 2.67. The maximum atomic E-state index is 11.3. The molecule has 98 valence electrons. The number of amides is 1. The van der Waals surface area contributed by atoms with Crippen LogP contribution in [0.3, 0.4) is 0 Å². The largest absolute Gasteiger partial charge is 0.492 e. The van der Waals surface area contributed by atoms with Gasteiger partial charge < -0.3 is 16.2 Å². The number of hydrogen-bond donors (Lipinski definition) is 2. The van der Waals surface area contributed by atoms with Gasteiger partial charge in [0.25, 0.3) is 5.91 Å². The molecule has 1 aromatic heterocycles. The summed E-state index contributed by atoms with van der Waals surface area (Å²) in [7, 11) is 0. The lowest BCUT2D eigenvalue weighted by atomic mass is 10.1. The molecule has 0 saturated heterocycles. The molecule has 0 unspecified atom stereocenters. The molecule has 1 amide bonds. The van der Waals surface area contributed by atoms with Gasteiger partial charge in [0.05, 0.1) is 12.2 Å². The Hall–Kier alpha value is -2.56. The molecule has 0 radical (unpaired) electrons. The van der Waals surface area contributed by atoms with E-state index in [9.17, 15) is 4.79 Å². The number of ether oxygens (including phenoxy) is 1. The first kappa shape index (κ1) is 12.9. The number of carbonyl (C=O) groups excluding carboxylic acids is 1. The van der Waals surface area contributed by atoms with E-state index in [1.807, 2.05) is 12.1 Å². The number of nitrogens with zero attached hydrogens (tertiary/aromatic N) is 1. The number of anilines is 1. The van der Waals surface area contributed by atoms with Crippen molar-refractivity contribution in [3.8, 4) is 5.75 Å². The molecule has 5 nitrogen and oxygen atoms in total. The maximum Gasteiger partial charge on any atom is 0.252 e. The number of hydrogen-bond acceptors (Lipinski definition) is 4. The molecule has 1 heterocycles. The van der Waals surface area contributed by atoms with Gasteiger partial charge in [0, 0.05) is 30.6 Å². The molecule has 0 saturated carbocycles. The predicted octanol–water partition coefficient (Wildman–Crippen LogP) is 1.38. The molecule has 0 spiro atoms. The van der Waals surface area contributed by atoms with Crippen molar-refractivity contribution in [2.75, 3.05) is 12.3 Å². The molecule has 1 aromatic carbocycles. The van der Waals surface area contributed by atoms with Gasteiger partial charge in [-0.2, -0.15) is 0 Å². The standard InChI is InChI=1S/C14H15N3O2/c15-11-1-2-12(14(16)18)13(9-11)19-8-5-10-3-6-17-7-4-10/h1-4,6-7,9H,5,8,15H2,(H2,16,18). The lowest BCUT2D eigenvalue weighted by molar-refractivity contribution is 0.0996. The van der Waals surface area contributed by atoms with Gasteiger partial charge in [-0.1, -0.05) is 0 Å². The fourth-order valence-electron chi connectivity index (χ4n) is 1.69. The summed E-state index contributed by atoms with van der Waals surface area (Å²) in [6.45, 7) is 0.438. The molecule has 19 heavy (non-hydrogen) atoms. The van der Waals surface area contributed by atoms with Crippen LogP contribution in [0.4, 0.5) is 5.69 Å². The predicted molar refractivity (Wildman–Crippen MR) is 72.8 cm³/mol. The highest BCUT2D eigenvalue weighted by Crippen LogP contribution is 2.21. The maximum absolute atomic E-state index is 11.3. The Balaban J connectivity index is 2.03. The molecule has 0 aliphatic heterocycles. The molecule has 2 aromatic rings. The number of rotatable bonds is 5. The van der Waals surface area contributed by atoms with Crippen LogP contribution in [0.1, 0.15) is 15.9 Å². The van der Waals surface area contributed by atoms with E-state index in [0.717, 1.165) is 12.0 Å². The molecule has 2 rings (SSSR count). The Labute approximate surface area is 111 Å². The van der Waals surface area contributed by atoms with Crippen LogP contribution in [0.5, 0.6) is 5.75 Å². The zero-order valence-corrected chi connectivity index (χ0v) is 10.4. The van der Waals surface area contributed by atoms with Gasteiger partial charge in [0.2, 0.25) is 0 Å². The van der Waals surface area contributed by atoms with E-state index < -0.39 is 5.91 Å². The van der Waals surface area contributed by atoms with E-state index in [0.29, 0.717) is 23.6 Å². The monoisotopic (exact) mass is 257 g/mol. The van der Waals surface area contributed by atoms with Gasteiger partial charge in [-0.15, -0.1) is 0 Å². The molecule has 5 heteroatoms. The molecule has 0 aliphatic carbocycles. The highest BCUT2D eigenvalue weighted by molar-refractivity contribution is 5.96. The summed E-state index contributed by atoms with van der Waals surface area (Å²) in [5.41, 5.74) is 12.9. The van der Waals surface area contributed by atoms with Gasteiger partial charge in [-0.3, -0.25) is 9.78 Å². The summed E-state index contributed by atoms with van der Waals surface area (Å²) in [5.74, 6) is -0.111. The summed E-state index contributed by atoms with van der Waals surface area (Å²) in [5, 5.41) is 0. The molecule has 0 fully saturated rings. The van der Waals surface area contributed by atoms with Crippen molar-refractivity contribution in [2.45, 2.75) is 6.42 Å². The molecule has 0 bridgehead atoms. The Morgan fingerprint density at radius 3 is 2.63 bits per heavy atom. The van der Waals surface area contributed by atoms with Crippen molar-refractivity contribution < 1.29 is 9.53 Å². The zero-order chi connectivity index (χ0) is 13.7. The molecule has 0 aliphatic rings. The van der Waals surface area contributed by atoms with Gasteiger partial charge in [-0.25, -0.2) is 0 Å². The van der Waals surface area contributed by atoms with E-state index in [1.165, 1.54) is 0 Å². The average molecular weight is 257 g/mol. The third kappa shape index (κ3) is 3.45. The summed E-state index contributed by atoms with van der Waals surface area (Å²) >= 11 is 0. The first-order valence-corrected chi connectivity index (χ1v) is 5.88. The van der Waals surface area contributed by atoms with E-state index in [1.54, 1.807) is 30.6 Å². The second-order valence-electron chi connectivity index (χ2n) is 4.07. The Kier molecular flexibility index (Phi) is 3.97. The number of primary amides is 1. The summed E-state index contributed by atoms with van der Waals surface area (Å²) in [6.07, 6.45) is 4.17. The van der Waals surface area contributed by atoms with E-state index in [2.05, 4.69) is 4.98 Å². The summed E-state index contributed by atoms with van der Waals surface area (Å²) in [4.78, 5) is 15.2. The van der Waals surface area contributed by atoms with Crippen molar-refractivity contribution in [3.05, 3.63) is 53.9 Å². The first-order chi connectivity index (χ1) is 9.16. The van der Waals surface area contributed by atoms with Crippen LogP contribution in [0.25, 0.3) is 0 Å². The second kappa shape index (κ2) is 5.86. The SMILES string of the molecule is NC(=O)c1ccc(N)cc1OCCc1ccncc1. The van der Waals surface area contributed by atoms with Gasteiger partial charge in [-0.05, 0) is 29.8 Å². The van der Waals surface area contributed by atoms with Crippen molar-refractivity contribution in [3.63, 3.8) is 0 Å². The highest BCUT2D eigenvalue weighted by Gasteiger charge is 2.09. The van der Waals surface area contributed by atoms with Gasteiger partial charge in [0.15, 0.2) is 0 Å². The van der Waals surface area contributed by atoms with Crippen LogP contribution in [0.15, 0.2) is 42.7 Å². The quantitative estimate of drug-likeness (QED) is 0.792. The van der Waals surface area contributed by atoms with Crippen molar-refractivity contribution >= 4 is 11.6 Å². The minimum atomic E-state index is -0.529. The number of benzene rings is 1. The number of nitrogen functional groups attached to an aromatic ring is 1. The molecular weight excluding hydrogens is 242 g/mol. The van der Waals surface area contributed by atoms with E-state index in [-0.39, 0.29) is 0 Å². The highest BCUT2D eigenvalue weighted by atomic mass is 16.5. The smallest absolute Gasteiger partial charge is 0.252 e. The number of nitrogens with two attached hydrogens (primary N) is 2. The topological polar surface area (TPSA) is 91.2 Å². The summed E-state index contributed by atoms with van der Waals surface area (Å²) < 4.78 is 5.58. The van der Waals surface area contributed by atoms with Crippen molar-refractivity contribution in [1.82, 2.24) is 4.98 Å². The van der Waals surface area contributed by atoms with E-state index >= 15 is 0 Å². The van der Waals surface area contributed by atoms with Crippen LogP contribution in [-0.2, 0) is 6.42 Å². The minimum absolute atomic E-state index is 0.337. The Morgan fingerprint density at radius 1 is 1.21 bits per heavy atom.